The summed E-state index contributed by atoms with van der Waals surface area (Å²) in [7, 11) is 0. The highest BCUT2D eigenvalue weighted by Gasteiger charge is 2.41. The Morgan fingerprint density at radius 2 is 1.94 bits per heavy atom. The molecule has 4 heterocycles. The lowest BCUT2D eigenvalue weighted by molar-refractivity contribution is 0.0926. The van der Waals surface area contributed by atoms with E-state index < -0.39 is 5.82 Å². The first-order valence-corrected chi connectivity index (χ1v) is 11.2. The number of aromatic amines is 1. The van der Waals surface area contributed by atoms with Crippen LogP contribution in [0.5, 0.6) is 0 Å². The van der Waals surface area contributed by atoms with Crippen molar-refractivity contribution in [2.45, 2.75) is 38.6 Å². The van der Waals surface area contributed by atoms with Crippen LogP contribution in [0.15, 0.2) is 29.3 Å². The third kappa shape index (κ3) is 3.14. The fraction of sp³-hybridized carbons (Fsp3) is 0.409. The fourth-order valence-corrected chi connectivity index (χ4v) is 5.48. The summed E-state index contributed by atoms with van der Waals surface area (Å²) in [6.45, 7) is 2.25. The second-order valence-electron chi connectivity index (χ2n) is 8.69. The van der Waals surface area contributed by atoms with Gasteiger partial charge in [0.15, 0.2) is 28.8 Å². The molecule has 8 nitrogen and oxygen atoms in total. The first-order chi connectivity index (χ1) is 15.6. The maximum atomic E-state index is 15.6. The van der Waals surface area contributed by atoms with Crippen LogP contribution in [0.3, 0.4) is 0 Å². The number of nitrogens with zero attached hydrogens (tertiary/aromatic N) is 5. The van der Waals surface area contributed by atoms with E-state index in [0.29, 0.717) is 40.3 Å². The Morgan fingerprint density at radius 1 is 1.12 bits per heavy atom. The smallest absolute Gasteiger partial charge is 0.248 e. The molecule has 2 N–H and O–H groups in total. The van der Waals surface area contributed by atoms with E-state index in [1.165, 1.54) is 31.5 Å². The molecule has 3 aliphatic carbocycles. The maximum absolute atomic E-state index is 15.6. The largest absolute Gasteiger partial charge is 0.443 e. The van der Waals surface area contributed by atoms with E-state index in [-0.39, 0.29) is 28.6 Å². The summed E-state index contributed by atoms with van der Waals surface area (Å²) < 4.78 is 21.0. The normalized spacial score (nSPS) is 24.8. The number of aromatic nitrogens is 6. The van der Waals surface area contributed by atoms with Gasteiger partial charge in [0.25, 0.3) is 0 Å². The highest BCUT2D eigenvalue weighted by atomic mass is 35.5. The second-order valence-corrected chi connectivity index (χ2v) is 9.08. The molecular weight excluding hydrogens is 433 g/mol. The Labute approximate surface area is 188 Å². The number of rotatable bonds is 4. The SMILES string of the molecule is C[C@H]1C2CCC(CC2)[C@@H]1Nc1nc(-c2c[nH]c3ncc(Cl)nc23)nc(-c2ncco2)c1F. The van der Waals surface area contributed by atoms with Crippen LogP contribution in [0.2, 0.25) is 5.15 Å². The van der Waals surface area contributed by atoms with Crippen LogP contribution in [-0.4, -0.2) is 35.9 Å². The molecule has 0 aliphatic heterocycles. The fourth-order valence-electron chi connectivity index (χ4n) is 5.35. The van der Waals surface area contributed by atoms with E-state index in [0.717, 1.165) is 12.8 Å². The van der Waals surface area contributed by atoms with Crippen molar-refractivity contribution >= 4 is 28.6 Å². The van der Waals surface area contributed by atoms with Crippen molar-refractivity contribution in [2.24, 2.45) is 17.8 Å². The summed E-state index contributed by atoms with van der Waals surface area (Å²) in [5, 5.41) is 3.68. The van der Waals surface area contributed by atoms with Crippen molar-refractivity contribution < 1.29 is 8.81 Å². The van der Waals surface area contributed by atoms with Crippen molar-refractivity contribution in [3.05, 3.63) is 35.8 Å². The number of hydrogen-bond donors (Lipinski definition) is 2. The Hall–Kier alpha value is -3.07. The van der Waals surface area contributed by atoms with E-state index in [4.69, 9.17) is 16.0 Å². The van der Waals surface area contributed by atoms with Gasteiger partial charge in [-0.15, -0.1) is 0 Å². The monoisotopic (exact) mass is 453 g/mol. The van der Waals surface area contributed by atoms with Crippen molar-refractivity contribution in [1.82, 2.24) is 29.9 Å². The molecule has 2 bridgehead atoms. The number of halogens is 2. The highest BCUT2D eigenvalue weighted by Crippen LogP contribution is 2.46. The van der Waals surface area contributed by atoms with Crippen LogP contribution in [0.25, 0.3) is 34.1 Å². The summed E-state index contributed by atoms with van der Waals surface area (Å²) in [6, 6.07) is 0.161. The van der Waals surface area contributed by atoms with Gasteiger partial charge in [-0.3, -0.25) is 0 Å². The van der Waals surface area contributed by atoms with E-state index >= 15 is 4.39 Å². The van der Waals surface area contributed by atoms with Gasteiger partial charge in [0.05, 0.1) is 18.0 Å². The molecule has 0 amide bonds. The molecule has 0 radical (unpaired) electrons. The third-order valence-corrected chi connectivity index (χ3v) is 7.20. The Bertz CT molecular complexity index is 1280. The van der Waals surface area contributed by atoms with Crippen LogP contribution in [-0.2, 0) is 0 Å². The minimum absolute atomic E-state index is 0.000425. The van der Waals surface area contributed by atoms with Gasteiger partial charge in [0, 0.05) is 12.2 Å². The molecule has 10 heteroatoms. The molecular formula is C22H21ClFN7O. The van der Waals surface area contributed by atoms with E-state index in [9.17, 15) is 0 Å². The average molecular weight is 454 g/mol. The summed E-state index contributed by atoms with van der Waals surface area (Å²) >= 11 is 6.06. The van der Waals surface area contributed by atoms with Crippen molar-refractivity contribution in [1.29, 1.82) is 0 Å². The van der Waals surface area contributed by atoms with Gasteiger partial charge >= 0.3 is 0 Å². The first-order valence-electron chi connectivity index (χ1n) is 10.8. The molecule has 0 unspecified atom stereocenters. The van der Waals surface area contributed by atoms with Gasteiger partial charge in [0.2, 0.25) is 5.89 Å². The molecule has 0 spiro atoms. The number of fused-ring (bicyclic) bond motifs is 4. The second kappa shape index (κ2) is 7.51. The standard InChI is InChI=1S/C22H21ClFN7O/c1-10-11-2-4-12(5-3-11)16(10)29-20-15(24)18(22-25-6-7-32-22)30-19(31-20)13-8-26-21-17(13)28-14(23)9-27-21/h6-12,16H,2-5H2,1H3,(H,26,27)(H,29,30,31)/t10-,11?,12?,16+/m0/s1. The number of oxazole rings is 1. The molecule has 32 heavy (non-hydrogen) atoms. The third-order valence-electron chi connectivity index (χ3n) is 7.02. The molecule has 4 aromatic heterocycles. The van der Waals surface area contributed by atoms with Gasteiger partial charge in [-0.25, -0.2) is 29.3 Å². The van der Waals surface area contributed by atoms with E-state index in [1.807, 2.05) is 0 Å². The van der Waals surface area contributed by atoms with Crippen molar-refractivity contribution in [3.8, 4) is 23.0 Å². The average Bonchev–Trinajstić information content (AvgIpc) is 3.48. The predicted octanol–water partition coefficient (Wildman–Crippen LogP) is 5.10. The Balaban J connectivity index is 1.48. The van der Waals surface area contributed by atoms with Gasteiger partial charge in [0.1, 0.15) is 16.9 Å². The lowest BCUT2D eigenvalue weighted by Crippen LogP contribution is -2.47. The maximum Gasteiger partial charge on any atom is 0.248 e. The minimum atomic E-state index is -0.575. The van der Waals surface area contributed by atoms with Crippen LogP contribution in [0.4, 0.5) is 10.2 Å². The lowest BCUT2D eigenvalue weighted by atomic mass is 9.62. The summed E-state index contributed by atoms with van der Waals surface area (Å²) in [5.74, 6) is 1.58. The first kappa shape index (κ1) is 19.6. The number of nitrogens with one attached hydrogen (secondary N) is 2. The molecule has 3 fully saturated rings. The molecule has 4 aromatic rings. The summed E-state index contributed by atoms with van der Waals surface area (Å²) in [4.78, 5) is 24.8. The van der Waals surface area contributed by atoms with Crippen LogP contribution < -0.4 is 5.32 Å². The Morgan fingerprint density at radius 3 is 2.69 bits per heavy atom. The van der Waals surface area contributed by atoms with Crippen LogP contribution in [0.1, 0.15) is 32.6 Å². The predicted molar refractivity (Wildman–Crippen MR) is 117 cm³/mol. The van der Waals surface area contributed by atoms with Crippen molar-refractivity contribution in [2.75, 3.05) is 5.32 Å². The van der Waals surface area contributed by atoms with Gasteiger partial charge in [-0.05, 0) is 43.4 Å². The molecule has 3 saturated carbocycles. The zero-order chi connectivity index (χ0) is 21.8. The zero-order valence-electron chi connectivity index (χ0n) is 17.3. The van der Waals surface area contributed by atoms with E-state index in [1.54, 1.807) is 6.20 Å². The minimum Gasteiger partial charge on any atom is -0.443 e. The topological polar surface area (TPSA) is 105 Å². The van der Waals surface area contributed by atoms with Crippen LogP contribution >= 0.6 is 11.6 Å². The number of anilines is 1. The van der Waals surface area contributed by atoms with Gasteiger partial charge in [-0.2, -0.15) is 0 Å². The van der Waals surface area contributed by atoms with Gasteiger partial charge < -0.3 is 14.7 Å². The zero-order valence-corrected chi connectivity index (χ0v) is 18.1. The van der Waals surface area contributed by atoms with Crippen molar-refractivity contribution in [3.63, 3.8) is 0 Å². The Kier molecular flexibility index (Phi) is 4.60. The van der Waals surface area contributed by atoms with Gasteiger partial charge in [-0.1, -0.05) is 18.5 Å². The lowest BCUT2D eigenvalue weighted by Gasteiger charge is -2.47. The molecule has 3 aliphatic rings. The molecule has 0 saturated heterocycles. The van der Waals surface area contributed by atoms with Crippen LogP contribution in [0, 0.1) is 23.6 Å². The van der Waals surface area contributed by atoms with E-state index in [2.05, 4.69) is 42.1 Å². The highest BCUT2D eigenvalue weighted by molar-refractivity contribution is 6.29. The molecule has 164 valence electrons. The number of hydrogen-bond acceptors (Lipinski definition) is 7. The molecule has 0 aromatic carbocycles. The molecule has 2 atom stereocenters. The summed E-state index contributed by atoms with van der Waals surface area (Å²) in [6.07, 6.45) is 10.8. The molecule has 7 rings (SSSR count). The number of H-pyrrole nitrogens is 1. The summed E-state index contributed by atoms with van der Waals surface area (Å²) in [5.41, 5.74) is 1.63. The quantitative estimate of drug-likeness (QED) is 0.442.